The number of hydrogen-bond acceptors (Lipinski definition) is 2. The van der Waals surface area contributed by atoms with Crippen LogP contribution in [0.15, 0.2) is 0 Å². The lowest BCUT2D eigenvalue weighted by atomic mass is 9.99. The van der Waals surface area contributed by atoms with Gasteiger partial charge in [-0.2, -0.15) is 0 Å². The van der Waals surface area contributed by atoms with Crippen LogP contribution >= 0.6 is 22.6 Å². The summed E-state index contributed by atoms with van der Waals surface area (Å²) in [4.78, 5) is 13.1. The van der Waals surface area contributed by atoms with Crippen LogP contribution in [0.2, 0.25) is 0 Å². The predicted octanol–water partition coefficient (Wildman–Crippen LogP) is 1.29. The summed E-state index contributed by atoms with van der Waals surface area (Å²) in [6, 6.07) is 0. The highest BCUT2D eigenvalue weighted by molar-refractivity contribution is 14.1. The molecule has 0 atom stereocenters. The van der Waals surface area contributed by atoms with Crippen LogP contribution in [0, 0.1) is 5.92 Å². The van der Waals surface area contributed by atoms with Gasteiger partial charge in [0.1, 0.15) is 0 Å². The minimum atomic E-state index is 0.339. The van der Waals surface area contributed by atoms with Gasteiger partial charge in [0.2, 0.25) is 0 Å². The fourth-order valence-corrected chi connectivity index (χ4v) is 1.86. The molecule has 0 radical (unpaired) electrons. The second-order valence-electron chi connectivity index (χ2n) is 2.88. The Kier molecular flexibility index (Phi) is 3.10. The van der Waals surface area contributed by atoms with Gasteiger partial charge >= 0.3 is 0 Å². The first kappa shape index (κ1) is 8.46. The lowest BCUT2D eigenvalue weighted by molar-refractivity contribution is -0.113. The lowest BCUT2D eigenvalue weighted by Crippen LogP contribution is -2.32. The molecule has 0 unspecified atom stereocenters. The lowest BCUT2D eigenvalue weighted by Gasteiger charge is -2.26. The third-order valence-corrected chi connectivity index (χ3v) is 2.92. The van der Waals surface area contributed by atoms with Crippen molar-refractivity contribution in [1.82, 2.24) is 4.90 Å². The van der Waals surface area contributed by atoms with E-state index in [2.05, 4.69) is 11.9 Å². The SMILES string of the molecule is CN1CCC(C(=O)I)CC1. The van der Waals surface area contributed by atoms with Crippen LogP contribution in [-0.2, 0) is 4.79 Å². The Morgan fingerprint density at radius 1 is 1.50 bits per heavy atom. The summed E-state index contributed by atoms with van der Waals surface area (Å²) in [5, 5.41) is 0. The van der Waals surface area contributed by atoms with Crippen LogP contribution in [0.3, 0.4) is 0 Å². The number of nitrogens with zero attached hydrogens (tertiary/aromatic N) is 1. The number of hydrogen-bond donors (Lipinski definition) is 0. The predicted molar refractivity (Wildman–Crippen MR) is 49.2 cm³/mol. The molecule has 0 aromatic heterocycles. The molecule has 0 aliphatic carbocycles. The molecule has 2 nitrogen and oxygen atoms in total. The van der Waals surface area contributed by atoms with Crippen molar-refractivity contribution >= 4 is 26.4 Å². The highest BCUT2D eigenvalue weighted by Crippen LogP contribution is 2.19. The van der Waals surface area contributed by atoms with E-state index < -0.39 is 0 Å². The molecule has 1 fully saturated rings. The monoisotopic (exact) mass is 253 g/mol. The zero-order valence-corrected chi connectivity index (χ0v) is 8.30. The Morgan fingerprint density at radius 2 is 2.00 bits per heavy atom. The number of carbonyl (C=O) groups excluding carboxylic acids is 1. The van der Waals surface area contributed by atoms with E-state index in [4.69, 9.17) is 0 Å². The van der Waals surface area contributed by atoms with Gasteiger partial charge in [0, 0.05) is 5.92 Å². The van der Waals surface area contributed by atoms with Crippen LogP contribution < -0.4 is 0 Å². The molecule has 3 heteroatoms. The summed E-state index contributed by atoms with van der Waals surface area (Å²) in [5.41, 5.74) is 0. The van der Waals surface area contributed by atoms with E-state index in [1.54, 1.807) is 0 Å². The average molecular weight is 253 g/mol. The summed E-state index contributed by atoms with van der Waals surface area (Å²) in [5.74, 6) is 0.344. The van der Waals surface area contributed by atoms with E-state index in [9.17, 15) is 4.79 Å². The van der Waals surface area contributed by atoms with Gasteiger partial charge in [-0.15, -0.1) is 0 Å². The van der Waals surface area contributed by atoms with Crippen molar-refractivity contribution in [2.75, 3.05) is 20.1 Å². The first-order valence-electron chi connectivity index (χ1n) is 3.58. The molecule has 10 heavy (non-hydrogen) atoms. The number of piperidine rings is 1. The van der Waals surface area contributed by atoms with Crippen molar-refractivity contribution in [2.24, 2.45) is 5.92 Å². The van der Waals surface area contributed by atoms with E-state index in [0.717, 1.165) is 25.9 Å². The molecule has 58 valence electrons. The molecule has 0 N–H and O–H groups in total. The van der Waals surface area contributed by atoms with Gasteiger partial charge in [0.05, 0.1) is 0 Å². The number of halogens is 1. The number of carbonyl (C=O) groups is 1. The maximum absolute atomic E-state index is 10.9. The molecule has 0 amide bonds. The Bertz CT molecular complexity index is 130. The van der Waals surface area contributed by atoms with Gasteiger partial charge in [-0.3, -0.25) is 4.79 Å². The molecule has 0 aromatic rings. The number of rotatable bonds is 1. The maximum atomic E-state index is 10.9. The smallest absolute Gasteiger partial charge is 0.195 e. The highest BCUT2D eigenvalue weighted by atomic mass is 127. The van der Waals surface area contributed by atoms with Gasteiger partial charge < -0.3 is 4.90 Å². The normalized spacial score (nSPS) is 23.0. The van der Waals surface area contributed by atoms with E-state index in [-0.39, 0.29) is 0 Å². The minimum absolute atomic E-state index is 0.339. The van der Waals surface area contributed by atoms with E-state index in [0.29, 0.717) is 9.71 Å². The van der Waals surface area contributed by atoms with E-state index in [1.165, 1.54) is 0 Å². The molecule has 1 aliphatic heterocycles. The molecular formula is C7H12INO. The van der Waals surface area contributed by atoms with Crippen LogP contribution in [-0.4, -0.2) is 28.8 Å². The van der Waals surface area contributed by atoms with Crippen molar-refractivity contribution < 1.29 is 4.79 Å². The second-order valence-corrected chi connectivity index (χ2v) is 3.94. The van der Waals surface area contributed by atoms with Crippen molar-refractivity contribution in [1.29, 1.82) is 0 Å². The third-order valence-electron chi connectivity index (χ3n) is 2.04. The van der Waals surface area contributed by atoms with Crippen molar-refractivity contribution in [3.05, 3.63) is 0 Å². The van der Waals surface area contributed by atoms with Gasteiger partial charge in [-0.05, 0) is 55.6 Å². The van der Waals surface area contributed by atoms with Gasteiger partial charge in [0.15, 0.2) is 3.79 Å². The maximum Gasteiger partial charge on any atom is 0.195 e. The molecule has 1 heterocycles. The fourth-order valence-electron chi connectivity index (χ4n) is 1.24. The summed E-state index contributed by atoms with van der Waals surface area (Å²) in [6.45, 7) is 2.17. The standard InChI is InChI=1S/C7H12INO/c1-9-4-2-6(3-5-9)7(8)10/h6H,2-5H2,1H3. The first-order valence-corrected chi connectivity index (χ1v) is 4.66. The van der Waals surface area contributed by atoms with Gasteiger partial charge in [0.25, 0.3) is 0 Å². The van der Waals surface area contributed by atoms with Crippen LogP contribution in [0.4, 0.5) is 0 Å². The second kappa shape index (κ2) is 3.67. The van der Waals surface area contributed by atoms with Crippen LogP contribution in [0.1, 0.15) is 12.8 Å². The fraction of sp³-hybridized carbons (Fsp3) is 0.857. The minimum Gasteiger partial charge on any atom is -0.306 e. The summed E-state index contributed by atoms with van der Waals surface area (Å²) < 4.78 is 0.339. The van der Waals surface area contributed by atoms with Gasteiger partial charge in [-0.1, -0.05) is 0 Å². The Balaban J connectivity index is 2.33. The quantitative estimate of drug-likeness (QED) is 0.518. The highest BCUT2D eigenvalue weighted by Gasteiger charge is 2.20. The molecule has 0 spiro atoms. The summed E-state index contributed by atoms with van der Waals surface area (Å²) in [7, 11) is 2.11. The Labute approximate surface area is 75.1 Å². The molecule has 1 rings (SSSR count). The van der Waals surface area contributed by atoms with Crippen molar-refractivity contribution in [3.8, 4) is 0 Å². The Hall–Kier alpha value is 0.360. The summed E-state index contributed by atoms with van der Waals surface area (Å²) in [6.07, 6.45) is 2.11. The van der Waals surface area contributed by atoms with Gasteiger partial charge in [-0.25, -0.2) is 0 Å². The summed E-state index contributed by atoms with van der Waals surface area (Å²) >= 11 is 1.91. The molecule has 1 aliphatic rings. The zero-order valence-electron chi connectivity index (χ0n) is 6.14. The van der Waals surface area contributed by atoms with Crippen molar-refractivity contribution in [2.45, 2.75) is 12.8 Å². The van der Waals surface area contributed by atoms with Crippen LogP contribution in [0.5, 0.6) is 0 Å². The molecule has 0 bridgehead atoms. The zero-order chi connectivity index (χ0) is 7.56. The molecule has 0 saturated carbocycles. The molecule has 1 saturated heterocycles. The van der Waals surface area contributed by atoms with E-state index in [1.807, 2.05) is 22.6 Å². The number of likely N-dealkylation sites (tertiary alicyclic amines) is 1. The third kappa shape index (κ3) is 2.20. The average Bonchev–Trinajstić information content (AvgIpc) is 1.88. The Morgan fingerprint density at radius 3 is 2.40 bits per heavy atom. The molecule has 0 aromatic carbocycles. The van der Waals surface area contributed by atoms with Crippen molar-refractivity contribution in [3.63, 3.8) is 0 Å². The van der Waals surface area contributed by atoms with Crippen LogP contribution in [0.25, 0.3) is 0 Å². The largest absolute Gasteiger partial charge is 0.306 e. The topological polar surface area (TPSA) is 20.3 Å². The first-order chi connectivity index (χ1) is 4.70. The molecular weight excluding hydrogens is 241 g/mol. The van der Waals surface area contributed by atoms with E-state index >= 15 is 0 Å².